The van der Waals surface area contributed by atoms with E-state index in [1.54, 1.807) is 24.9 Å². The number of carbonyl (C=O) groups is 2. The fourth-order valence-electron chi connectivity index (χ4n) is 5.72. The molecule has 6 nitrogen and oxygen atoms in total. The standard InChI is InChI=1S/C29H33F7N4O2/c1-17-11-22(30)5-6-24(17)25-15-23(39-10-9-37(3)26(41)16-39)7-8-40(25)27(42)38(4)18(2)19-12-20(28(31,32)33)14-21(13-19)29(34,35)36/h5-6,11-14,18,23,25H,7-10,15-16H2,1-4H3. The van der Waals surface area contributed by atoms with E-state index in [-0.39, 0.29) is 36.7 Å². The average Bonchev–Trinajstić information content (AvgIpc) is 2.92. The number of amides is 3. The summed E-state index contributed by atoms with van der Waals surface area (Å²) in [4.78, 5) is 32.6. The Balaban J connectivity index is 1.65. The quantitative estimate of drug-likeness (QED) is 0.388. The molecule has 0 aliphatic carbocycles. The lowest BCUT2D eigenvalue weighted by Gasteiger charge is -2.47. The summed E-state index contributed by atoms with van der Waals surface area (Å²) in [6, 6.07) is 3.16. The Kier molecular flexibility index (Phi) is 8.82. The highest BCUT2D eigenvalue weighted by Crippen LogP contribution is 2.40. The number of piperazine rings is 1. The second kappa shape index (κ2) is 11.7. The van der Waals surface area contributed by atoms with Gasteiger partial charge in [0, 0.05) is 39.8 Å². The van der Waals surface area contributed by atoms with Gasteiger partial charge in [-0.2, -0.15) is 26.3 Å². The van der Waals surface area contributed by atoms with Crippen molar-refractivity contribution in [2.75, 3.05) is 40.3 Å². The molecule has 13 heteroatoms. The van der Waals surface area contributed by atoms with Crippen molar-refractivity contribution in [3.63, 3.8) is 0 Å². The van der Waals surface area contributed by atoms with Crippen molar-refractivity contribution in [1.82, 2.24) is 19.6 Å². The number of urea groups is 1. The molecule has 42 heavy (non-hydrogen) atoms. The van der Waals surface area contributed by atoms with E-state index in [9.17, 15) is 40.3 Å². The second-order valence-corrected chi connectivity index (χ2v) is 11.1. The molecule has 2 aliphatic heterocycles. The number of piperidine rings is 1. The number of nitrogens with zero attached hydrogens (tertiary/aromatic N) is 4. The number of aryl methyl sites for hydroxylation is 1. The van der Waals surface area contributed by atoms with Crippen molar-refractivity contribution in [1.29, 1.82) is 0 Å². The number of carbonyl (C=O) groups excluding carboxylic acids is 2. The molecule has 0 aromatic heterocycles. The molecule has 0 spiro atoms. The fraction of sp³-hybridized carbons (Fsp3) is 0.517. The molecule has 2 heterocycles. The fourth-order valence-corrected chi connectivity index (χ4v) is 5.72. The molecule has 3 amide bonds. The monoisotopic (exact) mass is 602 g/mol. The molecular weight excluding hydrogens is 569 g/mol. The third kappa shape index (κ3) is 6.66. The van der Waals surface area contributed by atoms with Gasteiger partial charge in [-0.1, -0.05) is 6.07 Å². The van der Waals surface area contributed by atoms with Crippen molar-refractivity contribution >= 4 is 11.9 Å². The van der Waals surface area contributed by atoms with Gasteiger partial charge in [-0.15, -0.1) is 0 Å². The zero-order chi connectivity index (χ0) is 31.1. The zero-order valence-corrected chi connectivity index (χ0v) is 23.7. The number of halogens is 7. The van der Waals surface area contributed by atoms with E-state index in [0.29, 0.717) is 49.2 Å². The molecule has 0 bridgehead atoms. The van der Waals surface area contributed by atoms with Gasteiger partial charge in [-0.25, -0.2) is 9.18 Å². The molecule has 0 radical (unpaired) electrons. The smallest absolute Gasteiger partial charge is 0.343 e. The van der Waals surface area contributed by atoms with Gasteiger partial charge in [0.2, 0.25) is 5.91 Å². The van der Waals surface area contributed by atoms with Crippen LogP contribution in [0.3, 0.4) is 0 Å². The first-order chi connectivity index (χ1) is 19.5. The van der Waals surface area contributed by atoms with Gasteiger partial charge in [0.05, 0.1) is 29.8 Å². The first-order valence-corrected chi connectivity index (χ1v) is 13.5. The van der Waals surface area contributed by atoms with Crippen LogP contribution in [0.1, 0.15) is 59.7 Å². The van der Waals surface area contributed by atoms with E-state index >= 15 is 0 Å². The lowest BCUT2D eigenvalue weighted by Crippen LogP contribution is -2.56. The van der Waals surface area contributed by atoms with Crippen molar-refractivity contribution in [2.45, 2.75) is 57.2 Å². The molecule has 230 valence electrons. The summed E-state index contributed by atoms with van der Waals surface area (Å²) in [5, 5.41) is 0. The second-order valence-electron chi connectivity index (χ2n) is 11.1. The molecular formula is C29H33F7N4O2. The summed E-state index contributed by atoms with van der Waals surface area (Å²) in [6.07, 6.45) is -9.12. The van der Waals surface area contributed by atoms with Crippen molar-refractivity contribution in [2.24, 2.45) is 0 Å². The van der Waals surface area contributed by atoms with Crippen LogP contribution >= 0.6 is 0 Å². The first kappa shape index (κ1) is 31.6. The molecule has 2 saturated heterocycles. The molecule has 2 aromatic rings. The van der Waals surface area contributed by atoms with Crippen LogP contribution < -0.4 is 0 Å². The van der Waals surface area contributed by atoms with Crippen LogP contribution in [0.25, 0.3) is 0 Å². The topological polar surface area (TPSA) is 47.1 Å². The minimum atomic E-state index is -5.02. The summed E-state index contributed by atoms with van der Waals surface area (Å²) in [5.41, 5.74) is -1.95. The summed E-state index contributed by atoms with van der Waals surface area (Å²) >= 11 is 0. The van der Waals surface area contributed by atoms with Crippen LogP contribution in [-0.2, 0) is 17.1 Å². The average molecular weight is 603 g/mol. The lowest BCUT2D eigenvalue weighted by atomic mass is 9.88. The van der Waals surface area contributed by atoms with Crippen LogP contribution in [0.4, 0.5) is 35.5 Å². The molecule has 0 N–H and O–H groups in total. The number of likely N-dealkylation sites (tertiary alicyclic amines) is 1. The van der Waals surface area contributed by atoms with E-state index in [1.165, 1.54) is 31.0 Å². The van der Waals surface area contributed by atoms with Crippen LogP contribution in [-0.4, -0.2) is 77.9 Å². The Labute approximate surface area is 239 Å². The summed E-state index contributed by atoms with van der Waals surface area (Å²) < 4.78 is 94.9. The summed E-state index contributed by atoms with van der Waals surface area (Å²) in [7, 11) is 3.06. The summed E-state index contributed by atoms with van der Waals surface area (Å²) in [5.74, 6) is -0.482. The van der Waals surface area contributed by atoms with Crippen LogP contribution in [0.5, 0.6) is 0 Å². The SMILES string of the molecule is Cc1cc(F)ccc1C1CC(N2CCN(C)C(=O)C2)CCN1C(=O)N(C)C(C)c1cc(C(F)(F)F)cc(C(F)(F)F)c1. The Hall–Kier alpha value is -3.35. The van der Waals surface area contributed by atoms with E-state index in [4.69, 9.17) is 0 Å². The molecule has 2 aliphatic rings. The number of benzene rings is 2. The van der Waals surface area contributed by atoms with Gasteiger partial charge >= 0.3 is 18.4 Å². The van der Waals surface area contributed by atoms with Crippen LogP contribution in [0.15, 0.2) is 36.4 Å². The van der Waals surface area contributed by atoms with Gasteiger partial charge in [0.15, 0.2) is 0 Å². The molecule has 2 aromatic carbocycles. The highest BCUT2D eigenvalue weighted by atomic mass is 19.4. The Morgan fingerprint density at radius 1 is 0.976 bits per heavy atom. The third-order valence-corrected chi connectivity index (χ3v) is 8.39. The zero-order valence-electron chi connectivity index (χ0n) is 23.7. The Bertz CT molecular complexity index is 1300. The van der Waals surface area contributed by atoms with Gasteiger partial charge in [-0.3, -0.25) is 9.69 Å². The summed E-state index contributed by atoms with van der Waals surface area (Å²) in [6.45, 7) is 4.71. The van der Waals surface area contributed by atoms with Gasteiger partial charge in [0.25, 0.3) is 0 Å². The molecule has 3 atom stereocenters. The number of likely N-dealkylation sites (N-methyl/N-ethyl adjacent to an activating group) is 1. The normalized spacial score (nSPS) is 21.5. The molecule has 3 unspecified atom stereocenters. The number of rotatable bonds is 4. The molecule has 4 rings (SSSR count). The first-order valence-electron chi connectivity index (χ1n) is 13.5. The van der Waals surface area contributed by atoms with Crippen LogP contribution in [0, 0.1) is 12.7 Å². The number of hydrogen-bond acceptors (Lipinski definition) is 3. The minimum Gasteiger partial charge on any atom is -0.343 e. The predicted octanol–water partition coefficient (Wildman–Crippen LogP) is 6.26. The highest BCUT2D eigenvalue weighted by molar-refractivity contribution is 5.79. The van der Waals surface area contributed by atoms with Crippen molar-refractivity contribution in [3.05, 3.63) is 70.0 Å². The molecule has 0 saturated carbocycles. The van der Waals surface area contributed by atoms with Gasteiger partial charge in [-0.05, 0) is 73.7 Å². The predicted molar refractivity (Wildman–Crippen MR) is 141 cm³/mol. The van der Waals surface area contributed by atoms with E-state index < -0.39 is 47.4 Å². The van der Waals surface area contributed by atoms with Crippen molar-refractivity contribution < 1.29 is 40.3 Å². The van der Waals surface area contributed by atoms with E-state index in [1.807, 2.05) is 0 Å². The largest absolute Gasteiger partial charge is 0.416 e. The van der Waals surface area contributed by atoms with E-state index in [2.05, 4.69) is 4.90 Å². The van der Waals surface area contributed by atoms with Crippen LogP contribution in [0.2, 0.25) is 0 Å². The molecule has 2 fully saturated rings. The number of hydrogen-bond donors (Lipinski definition) is 0. The minimum absolute atomic E-state index is 0.0258. The van der Waals surface area contributed by atoms with E-state index in [0.717, 1.165) is 4.90 Å². The van der Waals surface area contributed by atoms with Gasteiger partial charge < -0.3 is 14.7 Å². The Morgan fingerprint density at radius 3 is 2.14 bits per heavy atom. The maximum atomic E-state index is 14.0. The lowest BCUT2D eigenvalue weighted by molar-refractivity contribution is -0.143. The number of alkyl halides is 6. The maximum absolute atomic E-state index is 14.0. The highest BCUT2D eigenvalue weighted by Gasteiger charge is 2.41. The van der Waals surface area contributed by atoms with Gasteiger partial charge in [0.1, 0.15) is 5.82 Å². The third-order valence-electron chi connectivity index (χ3n) is 8.39. The Morgan fingerprint density at radius 2 is 1.60 bits per heavy atom. The maximum Gasteiger partial charge on any atom is 0.416 e. The van der Waals surface area contributed by atoms with Crippen molar-refractivity contribution in [3.8, 4) is 0 Å².